The van der Waals surface area contributed by atoms with Crippen LogP contribution in [0.3, 0.4) is 0 Å². The molecule has 1 N–H and O–H groups in total. The van der Waals surface area contributed by atoms with E-state index in [1.807, 2.05) is 18.0 Å². The fraction of sp³-hybridized carbons (Fsp3) is 0.318. The highest BCUT2D eigenvalue weighted by atomic mass is 32.2. The molecule has 0 spiro atoms. The van der Waals surface area contributed by atoms with Gasteiger partial charge in [0.05, 0.1) is 28.2 Å². The number of anilines is 1. The van der Waals surface area contributed by atoms with Crippen molar-refractivity contribution in [1.29, 1.82) is 0 Å². The third-order valence-corrected chi connectivity index (χ3v) is 7.46. The Labute approximate surface area is 176 Å². The van der Waals surface area contributed by atoms with Crippen molar-refractivity contribution in [3.8, 4) is 5.75 Å². The van der Waals surface area contributed by atoms with E-state index >= 15 is 0 Å². The third-order valence-electron chi connectivity index (χ3n) is 5.79. The van der Waals surface area contributed by atoms with Gasteiger partial charge in [0.15, 0.2) is 0 Å². The van der Waals surface area contributed by atoms with Crippen LogP contribution in [0.1, 0.15) is 18.9 Å². The third kappa shape index (κ3) is 3.07. The van der Waals surface area contributed by atoms with Gasteiger partial charge >= 0.3 is 0 Å². The highest BCUT2D eigenvalue weighted by Gasteiger charge is 2.26. The summed E-state index contributed by atoms with van der Waals surface area (Å²) in [5, 5.41) is 3.39. The average molecular weight is 425 g/mol. The van der Waals surface area contributed by atoms with Crippen LogP contribution >= 0.6 is 0 Å². The van der Waals surface area contributed by atoms with Crippen molar-refractivity contribution in [2.24, 2.45) is 0 Å². The number of ether oxygens (including phenoxy) is 1. The van der Waals surface area contributed by atoms with Crippen LogP contribution in [0.15, 0.2) is 53.7 Å². The fourth-order valence-electron chi connectivity index (χ4n) is 4.16. The summed E-state index contributed by atoms with van der Waals surface area (Å²) in [5.74, 6) is 0.705. The summed E-state index contributed by atoms with van der Waals surface area (Å²) in [7, 11) is -1.86. The van der Waals surface area contributed by atoms with Gasteiger partial charge in [-0.25, -0.2) is 12.4 Å². The second-order valence-corrected chi connectivity index (χ2v) is 9.67. The molecule has 0 bridgehead atoms. The molecule has 0 aliphatic carbocycles. The Morgan fingerprint density at radius 1 is 1.27 bits per heavy atom. The van der Waals surface area contributed by atoms with E-state index in [-0.39, 0.29) is 4.90 Å². The minimum Gasteiger partial charge on any atom is -0.490 e. The van der Waals surface area contributed by atoms with Crippen molar-refractivity contribution in [3.05, 3.63) is 54.4 Å². The predicted molar refractivity (Wildman–Crippen MR) is 118 cm³/mol. The minimum absolute atomic E-state index is 0.235. The highest BCUT2D eigenvalue weighted by molar-refractivity contribution is 7.90. The molecule has 2 aliphatic heterocycles. The van der Waals surface area contributed by atoms with Crippen LogP contribution in [0.4, 0.5) is 5.69 Å². The number of nitrogens with zero attached hydrogens (tertiary/aromatic N) is 3. The lowest BCUT2D eigenvalue weighted by atomic mass is 9.97. The van der Waals surface area contributed by atoms with Gasteiger partial charge in [-0.05, 0) is 49.2 Å². The van der Waals surface area contributed by atoms with Crippen LogP contribution in [0.5, 0.6) is 5.75 Å². The van der Waals surface area contributed by atoms with Gasteiger partial charge in [0, 0.05) is 37.6 Å². The van der Waals surface area contributed by atoms with Gasteiger partial charge in [-0.3, -0.25) is 4.98 Å². The zero-order valence-electron chi connectivity index (χ0n) is 17.0. The number of fused-ring (bicyclic) bond motifs is 2. The second-order valence-electron chi connectivity index (χ2n) is 7.86. The van der Waals surface area contributed by atoms with E-state index < -0.39 is 10.0 Å². The Bertz CT molecular complexity index is 1260. The molecule has 0 radical (unpaired) electrons. The maximum atomic E-state index is 13.6. The molecule has 0 saturated carbocycles. The molecule has 0 fully saturated rings. The largest absolute Gasteiger partial charge is 0.490 e. The molecule has 1 atom stereocenters. The summed E-state index contributed by atoms with van der Waals surface area (Å²) in [4.78, 5) is 6.77. The maximum absolute atomic E-state index is 13.6. The van der Waals surface area contributed by atoms with Crippen molar-refractivity contribution in [3.63, 3.8) is 0 Å². The van der Waals surface area contributed by atoms with Gasteiger partial charge in [-0.1, -0.05) is 6.08 Å². The number of benzene rings is 1. The molecule has 4 heterocycles. The normalized spacial score (nSPS) is 19.3. The molecule has 5 rings (SSSR count). The Balaban J connectivity index is 1.66. The van der Waals surface area contributed by atoms with Gasteiger partial charge in [0.1, 0.15) is 12.4 Å². The molecular formula is C22H24N4O3S. The zero-order valence-corrected chi connectivity index (χ0v) is 17.8. The van der Waals surface area contributed by atoms with Crippen molar-refractivity contribution >= 4 is 32.3 Å². The van der Waals surface area contributed by atoms with E-state index in [2.05, 4.69) is 23.3 Å². The summed E-state index contributed by atoms with van der Waals surface area (Å²) in [5.41, 5.74) is 4.08. The van der Waals surface area contributed by atoms with E-state index in [0.717, 1.165) is 36.3 Å². The second kappa shape index (κ2) is 7.14. The maximum Gasteiger partial charge on any atom is 0.268 e. The number of hydrogen-bond donors (Lipinski definition) is 1. The predicted octanol–water partition coefficient (Wildman–Crippen LogP) is 2.87. The van der Waals surface area contributed by atoms with Crippen LogP contribution in [0.25, 0.3) is 16.6 Å². The molecule has 3 aromatic rings. The van der Waals surface area contributed by atoms with Gasteiger partial charge < -0.3 is 15.0 Å². The van der Waals surface area contributed by atoms with E-state index in [0.29, 0.717) is 29.4 Å². The number of likely N-dealkylation sites (N-methyl/N-ethyl adjacent to an activating group) is 1. The van der Waals surface area contributed by atoms with E-state index in [4.69, 9.17) is 4.74 Å². The standard InChI is InChI=1S/C22H24N4O3S/c1-15-12-16(7-9-23-15)18-14-26(19-4-3-8-24-22(18)19)30(27,28)17-5-6-21-20(13-17)25(2)10-11-29-21/h3-8,13-15,23H,9-12H2,1-2H3. The quantitative estimate of drug-likeness (QED) is 0.697. The topological polar surface area (TPSA) is 76.5 Å². The van der Waals surface area contributed by atoms with Crippen LogP contribution in [-0.2, 0) is 10.0 Å². The lowest BCUT2D eigenvalue weighted by Gasteiger charge is -2.28. The smallest absolute Gasteiger partial charge is 0.268 e. The zero-order chi connectivity index (χ0) is 20.9. The monoisotopic (exact) mass is 424 g/mol. The minimum atomic E-state index is -3.80. The number of pyridine rings is 1. The summed E-state index contributed by atoms with van der Waals surface area (Å²) >= 11 is 0. The van der Waals surface area contributed by atoms with Gasteiger partial charge in [-0.2, -0.15) is 0 Å². The molecule has 2 aliphatic rings. The van der Waals surface area contributed by atoms with Crippen LogP contribution in [-0.4, -0.2) is 50.2 Å². The van der Waals surface area contributed by atoms with Crippen LogP contribution < -0.4 is 15.0 Å². The first-order valence-electron chi connectivity index (χ1n) is 10.1. The SMILES string of the molecule is CC1CC(c2cn(S(=O)(=O)c3ccc4c(c3)N(C)CCO4)c3cccnc23)=CCN1. The molecule has 1 unspecified atom stereocenters. The molecule has 7 nitrogen and oxygen atoms in total. The first kappa shape index (κ1) is 19.1. The van der Waals surface area contributed by atoms with Crippen molar-refractivity contribution in [2.45, 2.75) is 24.3 Å². The summed E-state index contributed by atoms with van der Waals surface area (Å²) in [6.45, 7) is 4.20. The molecule has 0 amide bonds. The molecule has 1 aromatic carbocycles. The van der Waals surface area contributed by atoms with Gasteiger partial charge in [0.25, 0.3) is 10.0 Å². The molecular weight excluding hydrogens is 400 g/mol. The Morgan fingerprint density at radius 3 is 2.97 bits per heavy atom. The Hall–Kier alpha value is -2.84. The molecule has 156 valence electrons. The van der Waals surface area contributed by atoms with Crippen molar-refractivity contribution in [2.75, 3.05) is 31.6 Å². The molecule has 30 heavy (non-hydrogen) atoms. The number of rotatable bonds is 3. The first-order valence-corrected chi connectivity index (χ1v) is 11.5. The lowest BCUT2D eigenvalue weighted by molar-refractivity contribution is 0.311. The Kier molecular flexibility index (Phi) is 4.56. The van der Waals surface area contributed by atoms with Crippen molar-refractivity contribution in [1.82, 2.24) is 14.3 Å². The number of nitrogens with one attached hydrogen (secondary N) is 1. The summed E-state index contributed by atoms with van der Waals surface area (Å²) in [6, 6.07) is 8.95. The molecule has 8 heteroatoms. The number of hydrogen-bond acceptors (Lipinski definition) is 6. The molecule has 0 saturated heterocycles. The van der Waals surface area contributed by atoms with E-state index in [1.165, 1.54) is 3.97 Å². The van der Waals surface area contributed by atoms with Crippen molar-refractivity contribution < 1.29 is 13.2 Å². The van der Waals surface area contributed by atoms with Gasteiger partial charge in [-0.15, -0.1) is 0 Å². The first-order chi connectivity index (χ1) is 14.4. The summed E-state index contributed by atoms with van der Waals surface area (Å²) < 4.78 is 34.3. The lowest BCUT2D eigenvalue weighted by Crippen LogP contribution is -2.29. The Morgan fingerprint density at radius 2 is 2.13 bits per heavy atom. The summed E-state index contributed by atoms with van der Waals surface area (Å²) in [6.07, 6.45) is 6.37. The van der Waals surface area contributed by atoms with E-state index in [1.54, 1.807) is 36.7 Å². The number of aromatic nitrogens is 2. The van der Waals surface area contributed by atoms with Crippen LogP contribution in [0, 0.1) is 0 Å². The highest BCUT2D eigenvalue weighted by Crippen LogP contribution is 2.36. The fourth-order valence-corrected chi connectivity index (χ4v) is 5.54. The molecule has 2 aromatic heterocycles. The van der Waals surface area contributed by atoms with E-state index in [9.17, 15) is 8.42 Å². The van der Waals surface area contributed by atoms with Crippen LogP contribution in [0.2, 0.25) is 0 Å². The average Bonchev–Trinajstić information content (AvgIpc) is 3.14. The van der Waals surface area contributed by atoms with Gasteiger partial charge in [0.2, 0.25) is 0 Å².